The van der Waals surface area contributed by atoms with Gasteiger partial charge in [0.15, 0.2) is 0 Å². The highest BCUT2D eigenvalue weighted by molar-refractivity contribution is 5.20. The Morgan fingerprint density at radius 2 is 2.42 bits per heavy atom. The van der Waals surface area contributed by atoms with E-state index in [1.54, 1.807) is 12.3 Å². The fraction of sp³-hybridized carbons (Fsp3) is 0.500. The van der Waals surface area contributed by atoms with Crippen molar-refractivity contribution in [2.75, 3.05) is 5.73 Å². The number of nitrogen functional groups attached to an aromatic ring is 1. The third-order valence-corrected chi connectivity index (χ3v) is 1.55. The molecule has 1 unspecified atom stereocenters. The maximum absolute atomic E-state index is 5.41. The van der Waals surface area contributed by atoms with Crippen LogP contribution in [0.2, 0.25) is 0 Å². The predicted octanol–water partition coefficient (Wildman–Crippen LogP) is 1.24. The minimum absolute atomic E-state index is 0.166. The van der Waals surface area contributed by atoms with E-state index in [0.717, 1.165) is 6.42 Å². The summed E-state index contributed by atoms with van der Waals surface area (Å²) >= 11 is 0. The maximum Gasteiger partial charge on any atom is 0.223 e. The molecule has 2 N–H and O–H groups in total. The van der Waals surface area contributed by atoms with Crippen molar-refractivity contribution < 1.29 is 4.74 Å². The second-order valence-corrected chi connectivity index (χ2v) is 2.59. The number of nitrogens with zero attached hydrogens (tertiary/aromatic N) is 2. The molecule has 0 aromatic carbocycles. The van der Waals surface area contributed by atoms with Crippen molar-refractivity contribution >= 4 is 5.95 Å². The molecule has 1 atom stereocenters. The summed E-state index contributed by atoms with van der Waals surface area (Å²) in [6, 6.07) is 1.70. The Morgan fingerprint density at radius 3 is 3.00 bits per heavy atom. The van der Waals surface area contributed by atoms with E-state index in [2.05, 4.69) is 16.9 Å². The van der Waals surface area contributed by atoms with Gasteiger partial charge < -0.3 is 10.5 Å². The largest absolute Gasteiger partial charge is 0.475 e. The molecule has 0 saturated heterocycles. The molecule has 0 aliphatic carbocycles. The number of aromatic nitrogens is 2. The van der Waals surface area contributed by atoms with Crippen LogP contribution in [0.5, 0.6) is 5.88 Å². The number of anilines is 1. The van der Waals surface area contributed by atoms with Crippen LogP contribution in [0.3, 0.4) is 0 Å². The van der Waals surface area contributed by atoms with Gasteiger partial charge in [-0.1, -0.05) is 6.92 Å². The third kappa shape index (κ3) is 2.38. The van der Waals surface area contributed by atoms with Crippen LogP contribution in [-0.2, 0) is 0 Å². The smallest absolute Gasteiger partial charge is 0.223 e. The van der Waals surface area contributed by atoms with E-state index in [-0.39, 0.29) is 12.1 Å². The van der Waals surface area contributed by atoms with Gasteiger partial charge in [0.05, 0.1) is 6.10 Å². The monoisotopic (exact) mass is 167 g/mol. The van der Waals surface area contributed by atoms with E-state index in [9.17, 15) is 0 Å². The van der Waals surface area contributed by atoms with Crippen molar-refractivity contribution in [3.63, 3.8) is 0 Å². The van der Waals surface area contributed by atoms with E-state index in [4.69, 9.17) is 10.5 Å². The number of rotatable bonds is 3. The molecule has 1 aromatic heterocycles. The van der Waals surface area contributed by atoms with E-state index in [1.165, 1.54) is 0 Å². The summed E-state index contributed by atoms with van der Waals surface area (Å²) in [6.07, 6.45) is 2.70. The first-order valence-electron chi connectivity index (χ1n) is 3.97. The van der Waals surface area contributed by atoms with E-state index in [1.807, 2.05) is 6.92 Å². The molecule has 0 bridgehead atoms. The molecule has 1 aromatic rings. The van der Waals surface area contributed by atoms with Gasteiger partial charge in [0.1, 0.15) is 0 Å². The normalized spacial score (nSPS) is 12.5. The van der Waals surface area contributed by atoms with Gasteiger partial charge in [0.2, 0.25) is 11.8 Å². The average molecular weight is 167 g/mol. The number of ether oxygens (including phenoxy) is 1. The van der Waals surface area contributed by atoms with E-state index < -0.39 is 0 Å². The molecule has 4 nitrogen and oxygen atoms in total. The van der Waals surface area contributed by atoms with Gasteiger partial charge in [0, 0.05) is 12.3 Å². The Labute approximate surface area is 71.8 Å². The summed E-state index contributed by atoms with van der Waals surface area (Å²) in [5.74, 6) is 0.785. The highest BCUT2D eigenvalue weighted by atomic mass is 16.5. The summed E-state index contributed by atoms with van der Waals surface area (Å²) < 4.78 is 5.41. The van der Waals surface area contributed by atoms with Gasteiger partial charge in [-0.15, -0.1) is 0 Å². The van der Waals surface area contributed by atoms with Crippen LogP contribution in [0.25, 0.3) is 0 Å². The molecule has 66 valence electrons. The Morgan fingerprint density at radius 1 is 1.67 bits per heavy atom. The first kappa shape index (κ1) is 8.77. The molecule has 0 amide bonds. The van der Waals surface area contributed by atoms with Crippen LogP contribution in [0.4, 0.5) is 5.95 Å². The Kier molecular flexibility index (Phi) is 2.85. The second-order valence-electron chi connectivity index (χ2n) is 2.59. The van der Waals surface area contributed by atoms with Gasteiger partial charge >= 0.3 is 0 Å². The van der Waals surface area contributed by atoms with Crippen LogP contribution >= 0.6 is 0 Å². The molecule has 0 saturated carbocycles. The molecule has 0 fully saturated rings. The quantitative estimate of drug-likeness (QED) is 0.735. The van der Waals surface area contributed by atoms with Crippen molar-refractivity contribution in [1.82, 2.24) is 9.97 Å². The topological polar surface area (TPSA) is 61.0 Å². The minimum Gasteiger partial charge on any atom is -0.475 e. The van der Waals surface area contributed by atoms with Gasteiger partial charge in [0.25, 0.3) is 0 Å². The van der Waals surface area contributed by atoms with Crippen LogP contribution < -0.4 is 10.5 Å². The first-order chi connectivity index (χ1) is 5.72. The SMILES string of the molecule is CCC(C)Oc1ccnc(N)n1. The van der Waals surface area contributed by atoms with Crippen molar-refractivity contribution in [1.29, 1.82) is 0 Å². The molecule has 12 heavy (non-hydrogen) atoms. The molecular formula is C8H13N3O. The third-order valence-electron chi connectivity index (χ3n) is 1.55. The van der Waals surface area contributed by atoms with Gasteiger partial charge in [-0.25, -0.2) is 4.98 Å². The molecule has 0 spiro atoms. The lowest BCUT2D eigenvalue weighted by Crippen LogP contribution is -2.11. The minimum atomic E-state index is 0.166. The molecule has 4 heteroatoms. The number of hydrogen-bond donors (Lipinski definition) is 1. The zero-order valence-electron chi connectivity index (χ0n) is 7.32. The lowest BCUT2D eigenvalue weighted by Gasteiger charge is -2.10. The second kappa shape index (κ2) is 3.90. The zero-order valence-corrected chi connectivity index (χ0v) is 7.32. The highest BCUT2D eigenvalue weighted by Crippen LogP contribution is 2.09. The van der Waals surface area contributed by atoms with Gasteiger partial charge in [-0.05, 0) is 13.3 Å². The average Bonchev–Trinajstić information content (AvgIpc) is 2.04. The van der Waals surface area contributed by atoms with Crippen molar-refractivity contribution in [3.05, 3.63) is 12.3 Å². The molecule has 1 rings (SSSR count). The summed E-state index contributed by atoms with van der Waals surface area (Å²) in [6.45, 7) is 4.04. The van der Waals surface area contributed by atoms with Crippen molar-refractivity contribution in [2.45, 2.75) is 26.4 Å². The summed E-state index contributed by atoms with van der Waals surface area (Å²) in [5, 5.41) is 0. The lowest BCUT2D eigenvalue weighted by molar-refractivity contribution is 0.208. The van der Waals surface area contributed by atoms with Crippen LogP contribution in [-0.4, -0.2) is 16.1 Å². The first-order valence-corrected chi connectivity index (χ1v) is 3.97. The summed E-state index contributed by atoms with van der Waals surface area (Å²) in [7, 11) is 0. The standard InChI is InChI=1S/C8H13N3O/c1-3-6(2)12-7-4-5-10-8(9)11-7/h4-6H,3H2,1-2H3,(H2,9,10,11). The van der Waals surface area contributed by atoms with Crippen LogP contribution in [0, 0.1) is 0 Å². The Balaban J connectivity index is 2.63. The number of nitrogens with two attached hydrogens (primary N) is 1. The Hall–Kier alpha value is -1.32. The summed E-state index contributed by atoms with van der Waals surface area (Å²) in [4.78, 5) is 7.67. The highest BCUT2D eigenvalue weighted by Gasteiger charge is 2.01. The molecule has 1 heterocycles. The van der Waals surface area contributed by atoms with E-state index in [0.29, 0.717) is 5.88 Å². The fourth-order valence-electron chi connectivity index (χ4n) is 0.712. The number of hydrogen-bond acceptors (Lipinski definition) is 4. The van der Waals surface area contributed by atoms with Crippen LogP contribution in [0.1, 0.15) is 20.3 Å². The lowest BCUT2D eigenvalue weighted by atomic mass is 10.3. The van der Waals surface area contributed by atoms with Crippen LogP contribution in [0.15, 0.2) is 12.3 Å². The predicted molar refractivity (Wildman–Crippen MR) is 46.8 cm³/mol. The zero-order chi connectivity index (χ0) is 8.97. The Bertz CT molecular complexity index is 252. The molecule has 0 aliphatic heterocycles. The molecule has 0 aliphatic rings. The summed E-state index contributed by atoms with van der Waals surface area (Å²) in [5.41, 5.74) is 5.37. The van der Waals surface area contributed by atoms with Gasteiger partial charge in [-0.3, -0.25) is 0 Å². The van der Waals surface area contributed by atoms with Crippen molar-refractivity contribution in [3.8, 4) is 5.88 Å². The molecular weight excluding hydrogens is 154 g/mol. The fourth-order valence-corrected chi connectivity index (χ4v) is 0.712. The molecule has 0 radical (unpaired) electrons. The van der Waals surface area contributed by atoms with Crippen molar-refractivity contribution in [2.24, 2.45) is 0 Å². The maximum atomic E-state index is 5.41. The van der Waals surface area contributed by atoms with E-state index >= 15 is 0 Å². The van der Waals surface area contributed by atoms with Gasteiger partial charge in [-0.2, -0.15) is 4.98 Å².